The fraction of sp³-hybridized carbons (Fsp3) is 0.240. The third kappa shape index (κ3) is 4.99. The van der Waals surface area contributed by atoms with E-state index in [0.717, 1.165) is 12.4 Å². The third-order valence-corrected chi connectivity index (χ3v) is 6.29. The van der Waals surface area contributed by atoms with Gasteiger partial charge in [0.15, 0.2) is 0 Å². The van der Waals surface area contributed by atoms with E-state index in [1.54, 1.807) is 34.2 Å². The van der Waals surface area contributed by atoms with Crippen LogP contribution in [0.2, 0.25) is 0 Å². The van der Waals surface area contributed by atoms with Gasteiger partial charge in [-0.3, -0.25) is 14.3 Å². The van der Waals surface area contributed by atoms with Crippen molar-refractivity contribution < 1.29 is 27.2 Å². The molecule has 0 spiro atoms. The second-order valence-corrected chi connectivity index (χ2v) is 8.79. The lowest BCUT2D eigenvalue weighted by molar-refractivity contribution is -0.138. The molecule has 1 saturated heterocycles. The number of hydrogen-bond acceptors (Lipinski definition) is 6. The second kappa shape index (κ2) is 9.72. The van der Waals surface area contributed by atoms with E-state index in [4.69, 9.17) is 5.73 Å². The molecule has 13 heteroatoms. The van der Waals surface area contributed by atoms with Crippen LogP contribution < -0.4 is 10.6 Å². The van der Waals surface area contributed by atoms with Gasteiger partial charge in [-0.25, -0.2) is 14.4 Å². The molecule has 0 bridgehead atoms. The number of benzene rings is 2. The zero-order valence-corrected chi connectivity index (χ0v) is 19.8. The van der Waals surface area contributed by atoms with Gasteiger partial charge < -0.3 is 15.5 Å². The summed E-state index contributed by atoms with van der Waals surface area (Å²) in [5, 5.41) is 5.03. The smallest absolute Gasteiger partial charge is 0.366 e. The highest BCUT2D eigenvalue weighted by molar-refractivity contribution is 6.04. The molecule has 2 aromatic carbocycles. The van der Waals surface area contributed by atoms with Gasteiger partial charge in [-0.05, 0) is 24.3 Å². The average Bonchev–Trinajstić information content (AvgIpc) is 3.31. The Labute approximate surface area is 213 Å². The number of carbonyl (C=O) groups excluding carboxylic acids is 2. The molecule has 2 aromatic heterocycles. The summed E-state index contributed by atoms with van der Waals surface area (Å²) in [5.74, 6) is -1.29. The van der Waals surface area contributed by atoms with Crippen LogP contribution in [0.5, 0.6) is 0 Å². The number of piperazine rings is 1. The lowest BCUT2D eigenvalue weighted by Crippen LogP contribution is -2.49. The molecule has 2 N–H and O–H groups in total. The topological polar surface area (TPSA) is 110 Å². The van der Waals surface area contributed by atoms with Gasteiger partial charge in [-0.2, -0.15) is 18.3 Å². The standard InChI is InChI=1S/C25H21F4N7O2/c26-20-5-4-15(10-17(20)14-36-13-16-2-1-3-19(22(30)37)21(16)33-36)23(38)34-6-8-35(9-7-34)24-31-11-18(12-32-24)25(27,28)29/h1-5,10-13H,6-9,14H2,(H2,30,37). The quantitative estimate of drug-likeness (QED) is 0.400. The summed E-state index contributed by atoms with van der Waals surface area (Å²) in [6.45, 7) is 1.26. The first-order valence-corrected chi connectivity index (χ1v) is 11.6. The molecule has 9 nitrogen and oxygen atoms in total. The molecule has 196 valence electrons. The Morgan fingerprint density at radius 3 is 2.37 bits per heavy atom. The van der Waals surface area contributed by atoms with E-state index >= 15 is 0 Å². The van der Waals surface area contributed by atoms with E-state index in [2.05, 4.69) is 15.1 Å². The molecule has 5 rings (SSSR count). The number of nitrogens with two attached hydrogens (primary N) is 1. The molecule has 0 atom stereocenters. The van der Waals surface area contributed by atoms with Crippen molar-refractivity contribution in [2.45, 2.75) is 12.7 Å². The van der Waals surface area contributed by atoms with Crippen molar-refractivity contribution >= 4 is 28.7 Å². The Kier molecular flexibility index (Phi) is 6.43. The normalized spacial score (nSPS) is 14.2. The van der Waals surface area contributed by atoms with Crippen molar-refractivity contribution in [2.24, 2.45) is 5.73 Å². The first kappa shape index (κ1) is 25.1. The summed E-state index contributed by atoms with van der Waals surface area (Å²) >= 11 is 0. The molecule has 4 aromatic rings. The van der Waals surface area contributed by atoms with E-state index in [9.17, 15) is 27.2 Å². The number of halogens is 4. The number of amides is 2. The number of hydrogen-bond donors (Lipinski definition) is 1. The Morgan fingerprint density at radius 2 is 1.71 bits per heavy atom. The lowest BCUT2D eigenvalue weighted by atomic mass is 10.1. The van der Waals surface area contributed by atoms with E-state index in [1.807, 2.05) is 0 Å². The van der Waals surface area contributed by atoms with Crippen LogP contribution in [0.1, 0.15) is 31.8 Å². The van der Waals surface area contributed by atoms with Gasteiger partial charge in [0.1, 0.15) is 11.3 Å². The molecule has 2 amide bonds. The summed E-state index contributed by atoms with van der Waals surface area (Å²) in [4.78, 5) is 35.7. The van der Waals surface area contributed by atoms with Crippen LogP contribution in [0.3, 0.4) is 0 Å². The van der Waals surface area contributed by atoms with E-state index < -0.39 is 23.5 Å². The molecular formula is C25H21F4N7O2. The van der Waals surface area contributed by atoms with Crippen molar-refractivity contribution in [3.8, 4) is 0 Å². The van der Waals surface area contributed by atoms with E-state index in [-0.39, 0.29) is 48.2 Å². The molecule has 1 fully saturated rings. The first-order chi connectivity index (χ1) is 18.1. The van der Waals surface area contributed by atoms with Gasteiger partial charge in [-0.15, -0.1) is 0 Å². The maximum absolute atomic E-state index is 14.6. The third-order valence-electron chi connectivity index (χ3n) is 6.29. The number of primary amides is 1. The van der Waals surface area contributed by atoms with Crippen LogP contribution in [0, 0.1) is 5.82 Å². The predicted molar refractivity (Wildman–Crippen MR) is 129 cm³/mol. The van der Waals surface area contributed by atoms with Crippen LogP contribution in [0.4, 0.5) is 23.5 Å². The van der Waals surface area contributed by atoms with E-state index in [1.165, 1.54) is 22.9 Å². The minimum atomic E-state index is -4.52. The number of fused-ring (bicyclic) bond motifs is 1. The van der Waals surface area contributed by atoms with Crippen LogP contribution >= 0.6 is 0 Å². The maximum atomic E-state index is 14.6. The first-order valence-electron chi connectivity index (χ1n) is 11.6. The minimum Gasteiger partial charge on any atom is -0.366 e. The maximum Gasteiger partial charge on any atom is 0.419 e. The highest BCUT2D eigenvalue weighted by Gasteiger charge is 2.32. The minimum absolute atomic E-state index is 0.0267. The fourth-order valence-corrected chi connectivity index (χ4v) is 4.30. The molecule has 3 heterocycles. The van der Waals surface area contributed by atoms with Gasteiger partial charge in [0.05, 0.1) is 17.7 Å². The number of rotatable bonds is 5. The van der Waals surface area contributed by atoms with Gasteiger partial charge in [0.2, 0.25) is 5.95 Å². The van der Waals surface area contributed by atoms with Crippen LogP contribution in [0.15, 0.2) is 55.0 Å². The van der Waals surface area contributed by atoms with Gasteiger partial charge in [-0.1, -0.05) is 12.1 Å². The van der Waals surface area contributed by atoms with E-state index in [0.29, 0.717) is 24.0 Å². The Hall–Kier alpha value is -4.55. The van der Waals surface area contributed by atoms with Gasteiger partial charge in [0.25, 0.3) is 11.8 Å². The van der Waals surface area contributed by atoms with Crippen molar-refractivity contribution in [3.05, 3.63) is 83.1 Å². The molecule has 38 heavy (non-hydrogen) atoms. The van der Waals surface area contributed by atoms with Gasteiger partial charge in [0, 0.05) is 61.3 Å². The molecule has 0 saturated carbocycles. The Bertz CT molecular complexity index is 1510. The highest BCUT2D eigenvalue weighted by atomic mass is 19.4. The molecule has 0 radical (unpaired) electrons. The summed E-state index contributed by atoms with van der Waals surface area (Å²) in [6.07, 6.45) is -1.39. The van der Waals surface area contributed by atoms with Gasteiger partial charge >= 0.3 is 6.18 Å². The average molecular weight is 527 g/mol. The monoisotopic (exact) mass is 527 g/mol. The highest BCUT2D eigenvalue weighted by Crippen LogP contribution is 2.28. The summed E-state index contributed by atoms with van der Waals surface area (Å²) in [5.41, 5.74) is 5.67. The SMILES string of the molecule is NC(=O)c1cccc2cn(Cc3cc(C(=O)N4CCN(c5ncc(C(F)(F)F)cn5)CC4)ccc3F)nc12. The number of anilines is 1. The van der Waals surface area contributed by atoms with Crippen molar-refractivity contribution in [1.82, 2.24) is 24.6 Å². The Morgan fingerprint density at radius 1 is 1.00 bits per heavy atom. The number of aromatic nitrogens is 4. The predicted octanol–water partition coefficient (Wildman–Crippen LogP) is 3.09. The van der Waals surface area contributed by atoms with Crippen molar-refractivity contribution in [1.29, 1.82) is 0 Å². The second-order valence-electron chi connectivity index (χ2n) is 8.79. The van der Waals surface area contributed by atoms with Crippen LogP contribution in [-0.2, 0) is 12.7 Å². The Balaban J connectivity index is 1.27. The van der Waals surface area contributed by atoms with Crippen molar-refractivity contribution in [2.75, 3.05) is 31.1 Å². The lowest BCUT2D eigenvalue weighted by Gasteiger charge is -2.34. The summed E-state index contributed by atoms with van der Waals surface area (Å²) in [6, 6.07) is 9.08. The number of alkyl halides is 3. The van der Waals surface area contributed by atoms with Crippen LogP contribution in [0.25, 0.3) is 10.9 Å². The largest absolute Gasteiger partial charge is 0.419 e. The number of nitrogens with zero attached hydrogens (tertiary/aromatic N) is 6. The molecule has 1 aliphatic heterocycles. The zero-order chi connectivity index (χ0) is 27.0. The molecule has 1 aliphatic rings. The van der Waals surface area contributed by atoms with Crippen LogP contribution in [-0.4, -0.2) is 62.6 Å². The number of carbonyl (C=O) groups is 2. The summed E-state index contributed by atoms with van der Waals surface area (Å²) in [7, 11) is 0. The van der Waals surface area contributed by atoms with Crippen molar-refractivity contribution in [3.63, 3.8) is 0 Å². The molecule has 0 unspecified atom stereocenters. The fourth-order valence-electron chi connectivity index (χ4n) is 4.30. The molecule has 0 aliphatic carbocycles. The zero-order valence-electron chi connectivity index (χ0n) is 19.8. The summed E-state index contributed by atoms with van der Waals surface area (Å²) < 4.78 is 54.4. The molecular weight excluding hydrogens is 506 g/mol.